The maximum Gasteiger partial charge on any atom is 0.339 e. The van der Waals surface area contributed by atoms with Crippen molar-refractivity contribution in [1.29, 1.82) is 0 Å². The lowest BCUT2D eigenvalue weighted by Gasteiger charge is -2.11. The van der Waals surface area contributed by atoms with Crippen molar-refractivity contribution in [2.45, 2.75) is 0 Å². The molecule has 2 rings (SSSR count). The van der Waals surface area contributed by atoms with E-state index in [0.717, 1.165) is 0 Å². The van der Waals surface area contributed by atoms with Crippen molar-refractivity contribution in [2.24, 2.45) is 0 Å². The lowest BCUT2D eigenvalue weighted by atomic mass is 10.2. The molecule has 1 aromatic heterocycles. The highest BCUT2D eigenvalue weighted by Gasteiger charge is 2.16. The summed E-state index contributed by atoms with van der Waals surface area (Å²) in [6.07, 6.45) is 0. The largest absolute Gasteiger partial charge is 0.481 e. The molecule has 0 aliphatic rings. The highest BCUT2D eigenvalue weighted by atomic mass is 35.5. The van der Waals surface area contributed by atoms with Crippen molar-refractivity contribution >= 4 is 29.2 Å². The number of carboxylic acid groups (broad SMARTS) is 1. The van der Waals surface area contributed by atoms with E-state index in [4.69, 9.17) is 21.1 Å². The minimum Gasteiger partial charge on any atom is -0.481 e. The standard InChI is InChI=1S/C13H12ClN3O4/c1-20-9-6-10(21-2)17-13(16-9)15-8-5-3-4-7(14)11(8)12(18)19/h3-6H,1-2H3,(H,18,19)(H,15,16,17). The third-order valence-electron chi connectivity index (χ3n) is 2.57. The molecule has 1 aromatic carbocycles. The van der Waals surface area contributed by atoms with E-state index in [1.54, 1.807) is 12.1 Å². The van der Waals surface area contributed by atoms with Crippen LogP contribution in [-0.4, -0.2) is 35.3 Å². The van der Waals surface area contributed by atoms with Gasteiger partial charge in [0, 0.05) is 0 Å². The van der Waals surface area contributed by atoms with E-state index in [9.17, 15) is 9.90 Å². The van der Waals surface area contributed by atoms with Crippen molar-refractivity contribution in [3.8, 4) is 11.8 Å². The fourth-order valence-electron chi connectivity index (χ4n) is 1.64. The molecule has 0 atom stereocenters. The topological polar surface area (TPSA) is 93.6 Å². The Morgan fingerprint density at radius 3 is 2.38 bits per heavy atom. The summed E-state index contributed by atoms with van der Waals surface area (Å²) in [6, 6.07) is 6.17. The summed E-state index contributed by atoms with van der Waals surface area (Å²) in [5, 5.41) is 12.1. The number of methoxy groups -OCH3 is 2. The van der Waals surface area contributed by atoms with E-state index in [0.29, 0.717) is 0 Å². The van der Waals surface area contributed by atoms with Gasteiger partial charge in [0.15, 0.2) is 0 Å². The number of aromatic carboxylic acids is 1. The van der Waals surface area contributed by atoms with E-state index in [1.165, 1.54) is 26.4 Å². The van der Waals surface area contributed by atoms with Crippen LogP contribution in [0.4, 0.5) is 11.6 Å². The molecule has 0 aliphatic heterocycles. The van der Waals surface area contributed by atoms with Crippen LogP contribution in [-0.2, 0) is 0 Å². The molecule has 0 amide bonds. The first-order valence-electron chi connectivity index (χ1n) is 5.81. The minimum absolute atomic E-state index is 0.0652. The van der Waals surface area contributed by atoms with E-state index >= 15 is 0 Å². The van der Waals surface area contributed by atoms with Crippen LogP contribution in [0.25, 0.3) is 0 Å². The van der Waals surface area contributed by atoms with Gasteiger partial charge in [0.25, 0.3) is 0 Å². The first kappa shape index (κ1) is 14.9. The summed E-state index contributed by atoms with van der Waals surface area (Å²) < 4.78 is 10.0. The van der Waals surface area contributed by atoms with Crippen molar-refractivity contribution < 1.29 is 19.4 Å². The number of ether oxygens (including phenoxy) is 2. The molecule has 7 nitrogen and oxygen atoms in total. The Labute approximate surface area is 125 Å². The van der Waals surface area contributed by atoms with Gasteiger partial charge in [-0.2, -0.15) is 9.97 Å². The van der Waals surface area contributed by atoms with E-state index in [2.05, 4.69) is 15.3 Å². The van der Waals surface area contributed by atoms with Crippen LogP contribution in [0.5, 0.6) is 11.8 Å². The zero-order valence-electron chi connectivity index (χ0n) is 11.3. The molecule has 0 saturated carbocycles. The average Bonchev–Trinajstić information content (AvgIpc) is 2.46. The molecule has 8 heteroatoms. The predicted molar refractivity (Wildman–Crippen MR) is 76.8 cm³/mol. The van der Waals surface area contributed by atoms with Gasteiger partial charge in [0.2, 0.25) is 17.7 Å². The second-order valence-electron chi connectivity index (χ2n) is 3.87. The number of hydrogen-bond acceptors (Lipinski definition) is 6. The predicted octanol–water partition coefficient (Wildman–Crippen LogP) is 2.59. The van der Waals surface area contributed by atoms with Gasteiger partial charge in [0.1, 0.15) is 5.56 Å². The van der Waals surface area contributed by atoms with Crippen LogP contribution in [0, 0.1) is 0 Å². The van der Waals surface area contributed by atoms with Crippen molar-refractivity contribution in [3.63, 3.8) is 0 Å². The third-order valence-corrected chi connectivity index (χ3v) is 2.89. The van der Waals surface area contributed by atoms with Crippen LogP contribution in [0.2, 0.25) is 5.02 Å². The third kappa shape index (κ3) is 3.32. The quantitative estimate of drug-likeness (QED) is 0.876. The number of halogens is 1. The smallest absolute Gasteiger partial charge is 0.339 e. The lowest BCUT2D eigenvalue weighted by Crippen LogP contribution is -2.06. The Morgan fingerprint density at radius 2 is 1.86 bits per heavy atom. The van der Waals surface area contributed by atoms with Gasteiger partial charge < -0.3 is 19.9 Å². The highest BCUT2D eigenvalue weighted by molar-refractivity contribution is 6.34. The summed E-state index contributed by atoms with van der Waals surface area (Å²) >= 11 is 5.90. The molecule has 0 aliphatic carbocycles. The van der Waals surface area contributed by atoms with Gasteiger partial charge in [-0.25, -0.2) is 4.79 Å². The summed E-state index contributed by atoms with van der Waals surface area (Å²) in [5.41, 5.74) is 0.204. The van der Waals surface area contributed by atoms with Gasteiger partial charge in [-0.05, 0) is 12.1 Å². The Morgan fingerprint density at radius 1 is 1.24 bits per heavy atom. The van der Waals surface area contributed by atoms with Crippen molar-refractivity contribution in [1.82, 2.24) is 9.97 Å². The highest BCUT2D eigenvalue weighted by Crippen LogP contribution is 2.27. The Bertz CT molecular complexity index is 656. The van der Waals surface area contributed by atoms with Crippen molar-refractivity contribution in [2.75, 3.05) is 19.5 Å². The average molecular weight is 310 g/mol. The molecular formula is C13H12ClN3O4. The summed E-state index contributed by atoms with van der Waals surface area (Å²) in [5.74, 6) is -0.458. The monoisotopic (exact) mass is 309 g/mol. The summed E-state index contributed by atoms with van der Waals surface area (Å²) in [7, 11) is 2.90. The van der Waals surface area contributed by atoms with Gasteiger partial charge in [-0.15, -0.1) is 0 Å². The molecule has 0 bridgehead atoms. The fourth-order valence-corrected chi connectivity index (χ4v) is 1.89. The molecule has 21 heavy (non-hydrogen) atoms. The molecule has 0 spiro atoms. The normalized spacial score (nSPS) is 10.0. The number of hydrogen-bond donors (Lipinski definition) is 2. The first-order chi connectivity index (χ1) is 10.0. The molecule has 0 saturated heterocycles. The summed E-state index contributed by atoms with van der Waals surface area (Å²) in [6.45, 7) is 0. The number of benzene rings is 1. The van der Waals surface area contributed by atoms with Gasteiger partial charge in [-0.3, -0.25) is 0 Å². The number of carboxylic acids is 1. The van der Waals surface area contributed by atoms with Gasteiger partial charge in [0.05, 0.1) is 31.0 Å². The fraction of sp³-hybridized carbons (Fsp3) is 0.154. The number of anilines is 2. The number of aromatic nitrogens is 2. The molecule has 0 radical (unpaired) electrons. The molecule has 1 heterocycles. The van der Waals surface area contributed by atoms with Crippen LogP contribution in [0.1, 0.15) is 10.4 Å². The zero-order valence-corrected chi connectivity index (χ0v) is 12.0. The number of nitrogens with one attached hydrogen (secondary N) is 1. The number of rotatable bonds is 5. The Balaban J connectivity index is 2.43. The SMILES string of the molecule is COc1cc(OC)nc(Nc2cccc(Cl)c2C(=O)O)n1. The van der Waals surface area contributed by atoms with Crippen LogP contribution < -0.4 is 14.8 Å². The minimum atomic E-state index is -1.15. The molecule has 0 unspecified atom stereocenters. The second kappa shape index (κ2) is 6.27. The Kier molecular flexibility index (Phi) is 4.44. The number of nitrogens with zero attached hydrogens (tertiary/aromatic N) is 2. The maximum absolute atomic E-state index is 11.3. The molecular weight excluding hydrogens is 298 g/mol. The van der Waals surface area contributed by atoms with Crippen LogP contribution >= 0.6 is 11.6 Å². The zero-order chi connectivity index (χ0) is 15.4. The van der Waals surface area contributed by atoms with E-state index < -0.39 is 5.97 Å². The van der Waals surface area contributed by atoms with Gasteiger partial charge in [-0.1, -0.05) is 17.7 Å². The molecule has 2 N–H and O–H groups in total. The Hall–Kier alpha value is -2.54. The van der Waals surface area contributed by atoms with Crippen molar-refractivity contribution in [3.05, 3.63) is 34.9 Å². The number of carbonyl (C=O) groups is 1. The second-order valence-corrected chi connectivity index (χ2v) is 4.28. The summed E-state index contributed by atoms with van der Waals surface area (Å²) in [4.78, 5) is 19.4. The van der Waals surface area contributed by atoms with Crippen LogP contribution in [0.15, 0.2) is 24.3 Å². The van der Waals surface area contributed by atoms with Gasteiger partial charge >= 0.3 is 5.97 Å². The van der Waals surface area contributed by atoms with Crippen LogP contribution in [0.3, 0.4) is 0 Å². The molecule has 2 aromatic rings. The molecule has 0 fully saturated rings. The first-order valence-corrected chi connectivity index (χ1v) is 6.19. The molecule has 110 valence electrons. The van der Waals surface area contributed by atoms with E-state index in [1.807, 2.05) is 0 Å². The van der Waals surface area contributed by atoms with E-state index in [-0.39, 0.29) is 34.0 Å². The lowest BCUT2D eigenvalue weighted by molar-refractivity contribution is 0.0698. The maximum atomic E-state index is 11.3.